The van der Waals surface area contributed by atoms with Gasteiger partial charge in [-0.15, -0.1) is 0 Å². The Hall–Kier alpha value is -16.5. The van der Waals surface area contributed by atoms with E-state index in [2.05, 4.69) is 324 Å². The van der Waals surface area contributed by atoms with Crippen LogP contribution in [-0.2, 0) is 44.7 Å². The Morgan fingerprint density at radius 3 is 1.13 bits per heavy atom. The van der Waals surface area contributed by atoms with Gasteiger partial charge in [-0.1, -0.05) is 275 Å². The lowest BCUT2D eigenvalue weighted by Crippen LogP contribution is -2.16. The number of anilines is 11. The lowest BCUT2D eigenvalue weighted by molar-refractivity contribution is 0.281. The van der Waals surface area contributed by atoms with Crippen LogP contribution in [0.25, 0.3) is 54.6 Å². The van der Waals surface area contributed by atoms with Crippen LogP contribution >= 0.6 is 0 Å². The van der Waals surface area contributed by atoms with Crippen molar-refractivity contribution >= 4 is 101 Å². The first-order valence-corrected chi connectivity index (χ1v) is 48.3. The number of hydrazone groups is 1. The Morgan fingerprint density at radius 2 is 0.636 bits per heavy atom. The second-order valence-corrected chi connectivity index (χ2v) is 36.6. The zero-order valence-corrected chi connectivity index (χ0v) is 81.1. The predicted molar refractivity (Wildman–Crippen MR) is 589 cm³/mol. The van der Waals surface area contributed by atoms with Crippen molar-refractivity contribution < 1.29 is 46.0 Å². The van der Waals surface area contributed by atoms with Crippen LogP contribution in [0.1, 0.15) is 109 Å². The quantitative estimate of drug-likeness (QED) is 0.0113. The molecule has 20 aromatic carbocycles. The van der Waals surface area contributed by atoms with Crippen molar-refractivity contribution in [2.24, 2.45) is 5.10 Å². The number of aliphatic hydroxyl groups is 6. The van der Waals surface area contributed by atoms with Crippen LogP contribution in [-0.4, -0.2) is 65.4 Å². The lowest BCUT2D eigenvalue weighted by atomic mass is 9.82. The van der Waals surface area contributed by atoms with Gasteiger partial charge >= 0.3 is 0 Å². The van der Waals surface area contributed by atoms with Crippen molar-refractivity contribution in [3.8, 4) is 39.5 Å². The molecule has 0 unspecified atom stereocenters. The van der Waals surface area contributed by atoms with E-state index < -0.39 is 0 Å². The van der Waals surface area contributed by atoms with Crippen molar-refractivity contribution in [1.29, 1.82) is 0 Å². The molecule has 1 aliphatic rings. The number of benzene rings is 20. The smallest absolute Gasteiger partial charge is 0.115 e. The van der Waals surface area contributed by atoms with E-state index in [-0.39, 0.29) is 68.2 Å². The van der Waals surface area contributed by atoms with Crippen molar-refractivity contribution in [3.05, 3.63) is 526 Å². The first-order valence-electron chi connectivity index (χ1n) is 48.3. The van der Waals surface area contributed by atoms with Gasteiger partial charge in [-0.25, -0.2) is 5.01 Å². The molecule has 0 amide bonds. The highest BCUT2D eigenvalue weighted by Crippen LogP contribution is 2.52. The second-order valence-electron chi connectivity index (χ2n) is 36.6. The van der Waals surface area contributed by atoms with E-state index in [4.69, 9.17) is 5.10 Å². The van der Waals surface area contributed by atoms with Crippen LogP contribution in [0, 0.1) is 27.7 Å². The standard InChI is InChI=1S/C31H24N2O2.C30H31NO.C29H27NO.C21H20O2.C18H15NO3/c34-19-21-7-13-27(14-8-21)33(28-15-9-22(20-35)10-16-28)32-18-26-17-25-5-1-3-23-11-12-24-4-2-6-29(26)31(24)30(23)25;1-21-8-12-29(18-23(21)3)31(30-13-9-22(2)24(4)19-30)28-14-10-26(11-15-28)27-7-5-6-25(20-27)16-17-32;1-29(2)27-11-7-6-10-25(27)26-17-16-24(20-28(26)29)30(22-8-4-3-5-9-22)23-14-12-21(13-15-23)18-19-31;22-14-16-6-10-19(11-7-16)21(18-4-2-1-3-5-18)20-12-8-17(15-23)9-13-20;20-16-7-1-13(2-8-16)19(14-3-9-17(21)10-4-14)15-5-11-18(22)12-6-15/h1-18,34-35H,19-20H2;5-15,18-20,32H,16-17H2,1-4H3;3-17,20,31H,18-19H2,1-2H3;1-13,21-23H,14-15H2;1-12,20-22H. The highest BCUT2D eigenvalue weighted by molar-refractivity contribution is 6.26. The molecule has 14 nitrogen and oxygen atoms in total. The van der Waals surface area contributed by atoms with Gasteiger partial charge < -0.3 is 60.7 Å². The molecule has 1 aliphatic carbocycles. The average molecular weight is 1880 g/mol. The fourth-order valence-corrected chi connectivity index (χ4v) is 18.7. The first-order chi connectivity index (χ1) is 69.7. The molecular weight excluding hydrogens is 1760 g/mol. The summed E-state index contributed by atoms with van der Waals surface area (Å²) in [5.74, 6) is 0.719. The molecule has 20 aromatic rings. The van der Waals surface area contributed by atoms with E-state index in [1.807, 2.05) is 107 Å². The number of rotatable bonds is 25. The Kier molecular flexibility index (Phi) is 31.3. The minimum absolute atomic E-state index is 0.00338. The van der Waals surface area contributed by atoms with Gasteiger partial charge in [0, 0.05) is 81.3 Å². The number of aromatic hydroxyl groups is 3. The fraction of sp³-hybridized carbons (Fsp3) is 0.124. The summed E-state index contributed by atoms with van der Waals surface area (Å²) in [5, 5.41) is 98.5. The number of fused-ring (bicyclic) bond motifs is 3. The van der Waals surface area contributed by atoms with Crippen molar-refractivity contribution in [2.45, 2.75) is 92.1 Å². The van der Waals surface area contributed by atoms with E-state index >= 15 is 0 Å². The maximum Gasteiger partial charge on any atom is 0.115 e. The maximum atomic E-state index is 9.47. The van der Waals surface area contributed by atoms with Crippen molar-refractivity contribution in [1.82, 2.24) is 0 Å². The monoisotopic (exact) mass is 1880 g/mol. The summed E-state index contributed by atoms with van der Waals surface area (Å²) in [6, 6.07) is 147. The van der Waals surface area contributed by atoms with Crippen LogP contribution in [0.4, 0.5) is 62.6 Å². The van der Waals surface area contributed by atoms with Gasteiger partial charge in [-0.2, -0.15) is 5.10 Å². The molecule has 0 saturated heterocycles. The van der Waals surface area contributed by atoms with Crippen molar-refractivity contribution in [3.63, 3.8) is 0 Å². The van der Waals surface area contributed by atoms with Gasteiger partial charge in [0.15, 0.2) is 0 Å². The number of phenols is 3. The Morgan fingerprint density at radius 1 is 0.266 bits per heavy atom. The van der Waals surface area contributed by atoms with E-state index in [1.165, 1.54) is 105 Å². The highest BCUT2D eigenvalue weighted by atomic mass is 16.3. The topological polar surface area (TPSA) is 207 Å². The van der Waals surface area contributed by atoms with Gasteiger partial charge in [0.2, 0.25) is 0 Å². The summed E-state index contributed by atoms with van der Waals surface area (Å²) >= 11 is 0. The molecule has 0 heterocycles. The van der Waals surface area contributed by atoms with Gasteiger partial charge in [0.05, 0.1) is 44.0 Å². The summed E-state index contributed by atoms with van der Waals surface area (Å²) in [6.45, 7) is 13.7. The molecule has 0 fully saturated rings. The SMILES string of the molecule is CC1(C)c2ccccc2-c2ccc(N(c3ccccc3)c3ccc(CCO)cc3)cc21.Cc1ccc(N(c2ccc(-c3cccc(CCO)c3)cc2)c2ccc(C)c(C)c2)cc1C.OCc1ccc(C(c2ccccc2)c2ccc(CO)cc2)cc1.OCc1ccc(N(N=Cc2cc3cccc4ccc5cccc2c5c43)c2ccc(CO)cc2)cc1.Oc1ccc(N(c2ccc(O)cc2)c2ccc(O)cc2)cc1. The molecule has 14 heteroatoms. The summed E-state index contributed by atoms with van der Waals surface area (Å²) in [5.41, 5.74) is 34.5. The average Bonchev–Trinajstić information content (AvgIpc) is 1.59. The number of aryl methyl sites for hydroxylation is 4. The molecule has 9 N–H and O–H groups in total. The molecule has 0 bridgehead atoms. The van der Waals surface area contributed by atoms with Gasteiger partial charge in [0.25, 0.3) is 0 Å². The van der Waals surface area contributed by atoms with E-state index in [0.717, 1.165) is 102 Å². The third-order valence-corrected chi connectivity index (χ3v) is 26.7. The first kappa shape index (κ1) is 98.1. The summed E-state index contributed by atoms with van der Waals surface area (Å²) in [6.07, 6.45) is 3.28. The number of para-hydroxylation sites is 1. The molecule has 712 valence electrons. The molecule has 0 atom stereocenters. The minimum Gasteiger partial charge on any atom is -0.508 e. The summed E-state index contributed by atoms with van der Waals surface area (Å²) in [4.78, 5) is 6.59. The molecule has 0 radical (unpaired) electrons. The highest BCUT2D eigenvalue weighted by Gasteiger charge is 2.36. The largest absolute Gasteiger partial charge is 0.508 e. The van der Waals surface area contributed by atoms with Crippen LogP contribution in [0.5, 0.6) is 17.2 Å². The van der Waals surface area contributed by atoms with Crippen molar-refractivity contribution in [2.75, 3.05) is 32.9 Å². The second kappa shape index (κ2) is 45.6. The molecule has 0 spiro atoms. The van der Waals surface area contributed by atoms with E-state index in [1.54, 1.807) is 72.8 Å². The number of phenolic OH excluding ortho intramolecular Hbond substituents is 3. The maximum absolute atomic E-state index is 9.47. The van der Waals surface area contributed by atoms with Gasteiger partial charge in [-0.3, -0.25) is 0 Å². The number of nitrogens with zero attached hydrogens (tertiary/aromatic N) is 5. The summed E-state index contributed by atoms with van der Waals surface area (Å²) in [7, 11) is 0. The molecule has 0 aliphatic heterocycles. The zero-order chi connectivity index (χ0) is 99.5. The fourth-order valence-electron chi connectivity index (χ4n) is 18.7. The third kappa shape index (κ3) is 22.8. The molecular formula is C129H117N5O9. The van der Waals surface area contributed by atoms with Crippen LogP contribution in [0.3, 0.4) is 0 Å². The van der Waals surface area contributed by atoms with E-state index in [9.17, 15) is 46.0 Å². The Labute approximate surface area is 837 Å². The van der Waals surface area contributed by atoms with Gasteiger partial charge in [-0.05, 0) is 354 Å². The molecule has 0 aromatic heterocycles. The number of hydrogen-bond donors (Lipinski definition) is 9. The number of hydrogen-bond acceptors (Lipinski definition) is 14. The van der Waals surface area contributed by atoms with Crippen LogP contribution in [0.15, 0.2) is 442 Å². The predicted octanol–water partition coefficient (Wildman–Crippen LogP) is 29.5. The Balaban J connectivity index is 0.000000124. The normalized spacial score (nSPS) is 11.6. The molecule has 143 heavy (non-hydrogen) atoms. The molecule has 21 rings (SSSR count). The van der Waals surface area contributed by atoms with Crippen LogP contribution < -0.4 is 19.7 Å². The van der Waals surface area contributed by atoms with E-state index in [0.29, 0.717) is 12.8 Å². The zero-order valence-electron chi connectivity index (χ0n) is 81.1. The lowest BCUT2D eigenvalue weighted by Gasteiger charge is -2.28. The number of aliphatic hydroxyl groups excluding tert-OH is 6. The Bertz CT molecular complexity index is 7410. The third-order valence-electron chi connectivity index (χ3n) is 26.7. The van der Waals surface area contributed by atoms with Gasteiger partial charge in [0.1, 0.15) is 17.2 Å². The summed E-state index contributed by atoms with van der Waals surface area (Å²) < 4.78 is 0. The van der Waals surface area contributed by atoms with Crippen LogP contribution in [0.2, 0.25) is 0 Å². The molecule has 0 saturated carbocycles. The minimum atomic E-state index is -0.0325.